The van der Waals surface area contributed by atoms with Gasteiger partial charge in [-0.25, -0.2) is 0 Å². The lowest BCUT2D eigenvalue weighted by molar-refractivity contribution is 0.165. The van der Waals surface area contributed by atoms with Crippen LogP contribution in [-0.2, 0) is 0 Å². The molecule has 1 atom stereocenters. The zero-order chi connectivity index (χ0) is 11.3. The number of ether oxygens (including phenoxy) is 1. The highest BCUT2D eigenvalue weighted by Crippen LogP contribution is 2.28. The van der Waals surface area contributed by atoms with Crippen molar-refractivity contribution in [3.8, 4) is 5.75 Å². The smallest absolute Gasteiger partial charge is 0.137 e. The number of hydrogen-bond acceptors (Lipinski definition) is 3. The molecule has 0 saturated carbocycles. The molecule has 0 aliphatic heterocycles. The molecule has 3 N–H and O–H groups in total. The van der Waals surface area contributed by atoms with Gasteiger partial charge in [-0.3, -0.25) is 0 Å². The van der Waals surface area contributed by atoms with Crippen molar-refractivity contribution in [2.75, 3.05) is 13.7 Å². The Morgan fingerprint density at radius 1 is 1.53 bits per heavy atom. The summed E-state index contributed by atoms with van der Waals surface area (Å²) in [6.45, 7) is 0.584. The van der Waals surface area contributed by atoms with Crippen LogP contribution in [0.25, 0.3) is 0 Å². The van der Waals surface area contributed by atoms with Crippen LogP contribution < -0.4 is 10.5 Å². The van der Waals surface area contributed by atoms with Crippen LogP contribution in [0.4, 0.5) is 0 Å². The average molecular weight is 230 g/mol. The summed E-state index contributed by atoms with van der Waals surface area (Å²) in [5.41, 5.74) is 6.17. The molecule has 0 saturated heterocycles. The number of methoxy groups -OCH3 is 1. The summed E-state index contributed by atoms with van der Waals surface area (Å²) in [5.74, 6) is 0.617. The molecule has 0 heterocycles. The molecule has 0 fully saturated rings. The normalized spacial score (nSPS) is 12.5. The first-order valence-corrected chi connectivity index (χ1v) is 5.28. The van der Waals surface area contributed by atoms with Gasteiger partial charge in [0, 0.05) is 0 Å². The Morgan fingerprint density at radius 3 is 2.80 bits per heavy atom. The van der Waals surface area contributed by atoms with E-state index in [0.29, 0.717) is 23.7 Å². The lowest BCUT2D eigenvalue weighted by Gasteiger charge is -2.11. The van der Waals surface area contributed by atoms with Crippen LogP contribution in [0.15, 0.2) is 18.2 Å². The number of rotatable bonds is 5. The number of hydrogen-bond donors (Lipinski definition) is 2. The van der Waals surface area contributed by atoms with E-state index in [1.54, 1.807) is 19.2 Å². The van der Waals surface area contributed by atoms with Crippen LogP contribution in [0.2, 0.25) is 5.02 Å². The first-order valence-electron chi connectivity index (χ1n) is 4.90. The van der Waals surface area contributed by atoms with Crippen LogP contribution in [0.1, 0.15) is 24.5 Å². The van der Waals surface area contributed by atoms with Gasteiger partial charge in [-0.15, -0.1) is 0 Å². The van der Waals surface area contributed by atoms with Crippen molar-refractivity contribution in [3.05, 3.63) is 28.8 Å². The molecule has 3 nitrogen and oxygen atoms in total. The summed E-state index contributed by atoms with van der Waals surface area (Å²) in [5, 5.41) is 10.3. The van der Waals surface area contributed by atoms with Crippen molar-refractivity contribution < 1.29 is 9.84 Å². The minimum absolute atomic E-state index is 0.503. The Kier molecular flexibility index (Phi) is 4.88. The largest absolute Gasteiger partial charge is 0.495 e. The molecule has 0 amide bonds. The topological polar surface area (TPSA) is 55.5 Å². The fraction of sp³-hybridized carbons (Fsp3) is 0.455. The Morgan fingerprint density at radius 2 is 2.27 bits per heavy atom. The van der Waals surface area contributed by atoms with E-state index in [4.69, 9.17) is 22.1 Å². The van der Waals surface area contributed by atoms with E-state index in [2.05, 4.69) is 0 Å². The number of aliphatic hydroxyl groups is 1. The Bertz CT molecular complexity index is 317. The summed E-state index contributed by atoms with van der Waals surface area (Å²) in [7, 11) is 1.56. The van der Waals surface area contributed by atoms with Crippen LogP contribution >= 0.6 is 11.6 Å². The predicted molar refractivity (Wildman–Crippen MR) is 61.3 cm³/mol. The van der Waals surface area contributed by atoms with Gasteiger partial charge in [-0.2, -0.15) is 0 Å². The van der Waals surface area contributed by atoms with E-state index in [-0.39, 0.29) is 0 Å². The molecule has 1 aromatic carbocycles. The minimum Gasteiger partial charge on any atom is -0.495 e. The first-order chi connectivity index (χ1) is 7.19. The van der Waals surface area contributed by atoms with E-state index in [9.17, 15) is 5.11 Å². The molecule has 84 valence electrons. The SMILES string of the molecule is COc1ccc(C(O)CCCN)cc1Cl. The van der Waals surface area contributed by atoms with E-state index >= 15 is 0 Å². The predicted octanol–water partition coefficient (Wildman–Crippen LogP) is 2.12. The second-order valence-corrected chi connectivity index (χ2v) is 3.75. The van der Waals surface area contributed by atoms with Gasteiger partial charge < -0.3 is 15.6 Å². The lowest BCUT2D eigenvalue weighted by Crippen LogP contribution is -2.03. The maximum absolute atomic E-state index is 9.78. The molecule has 1 unspecified atom stereocenters. The average Bonchev–Trinajstić information content (AvgIpc) is 2.25. The summed E-state index contributed by atoms with van der Waals surface area (Å²) >= 11 is 5.95. The minimum atomic E-state index is -0.503. The lowest BCUT2D eigenvalue weighted by atomic mass is 10.0. The van der Waals surface area contributed by atoms with E-state index in [1.807, 2.05) is 6.07 Å². The van der Waals surface area contributed by atoms with Gasteiger partial charge >= 0.3 is 0 Å². The molecule has 4 heteroatoms. The molecule has 0 radical (unpaired) electrons. The molecule has 0 aromatic heterocycles. The van der Waals surface area contributed by atoms with Gasteiger partial charge in [-0.1, -0.05) is 17.7 Å². The van der Waals surface area contributed by atoms with Gasteiger partial charge in [0.25, 0.3) is 0 Å². The van der Waals surface area contributed by atoms with Gasteiger partial charge in [0.15, 0.2) is 0 Å². The number of nitrogens with two attached hydrogens (primary N) is 1. The molecule has 1 aromatic rings. The third kappa shape index (κ3) is 3.38. The third-order valence-corrected chi connectivity index (χ3v) is 2.54. The Labute approximate surface area is 94.8 Å². The fourth-order valence-corrected chi connectivity index (χ4v) is 1.63. The monoisotopic (exact) mass is 229 g/mol. The maximum Gasteiger partial charge on any atom is 0.137 e. The van der Waals surface area contributed by atoms with Crippen molar-refractivity contribution in [2.24, 2.45) is 5.73 Å². The number of halogens is 1. The van der Waals surface area contributed by atoms with Crippen molar-refractivity contribution in [1.82, 2.24) is 0 Å². The van der Waals surface area contributed by atoms with E-state index < -0.39 is 6.10 Å². The van der Waals surface area contributed by atoms with Crippen LogP contribution in [0.5, 0.6) is 5.75 Å². The van der Waals surface area contributed by atoms with Crippen LogP contribution in [0, 0.1) is 0 Å². The molecule has 1 rings (SSSR count). The fourth-order valence-electron chi connectivity index (χ4n) is 1.37. The van der Waals surface area contributed by atoms with Crippen LogP contribution in [0.3, 0.4) is 0 Å². The number of benzene rings is 1. The van der Waals surface area contributed by atoms with Crippen molar-refractivity contribution in [3.63, 3.8) is 0 Å². The third-order valence-electron chi connectivity index (χ3n) is 2.24. The molecular formula is C11H16ClNO2. The second kappa shape index (κ2) is 5.95. The summed E-state index contributed by atoms with van der Waals surface area (Å²) in [6, 6.07) is 5.29. The molecule has 15 heavy (non-hydrogen) atoms. The van der Waals surface area contributed by atoms with Gasteiger partial charge in [0.2, 0.25) is 0 Å². The van der Waals surface area contributed by atoms with E-state index in [1.165, 1.54) is 0 Å². The highest BCUT2D eigenvalue weighted by atomic mass is 35.5. The Hall–Kier alpha value is -0.770. The zero-order valence-corrected chi connectivity index (χ0v) is 9.50. The highest BCUT2D eigenvalue weighted by molar-refractivity contribution is 6.32. The van der Waals surface area contributed by atoms with Gasteiger partial charge in [0.05, 0.1) is 18.2 Å². The number of aliphatic hydroxyl groups excluding tert-OH is 1. The van der Waals surface area contributed by atoms with Gasteiger partial charge in [0.1, 0.15) is 5.75 Å². The summed E-state index contributed by atoms with van der Waals surface area (Å²) in [6.07, 6.45) is 0.946. The molecule has 0 bridgehead atoms. The quantitative estimate of drug-likeness (QED) is 0.813. The highest BCUT2D eigenvalue weighted by Gasteiger charge is 2.09. The molecule has 0 aliphatic rings. The van der Waals surface area contributed by atoms with Crippen molar-refractivity contribution in [1.29, 1.82) is 0 Å². The Balaban J connectivity index is 2.73. The summed E-state index contributed by atoms with van der Waals surface area (Å²) < 4.78 is 5.03. The summed E-state index contributed by atoms with van der Waals surface area (Å²) in [4.78, 5) is 0. The van der Waals surface area contributed by atoms with E-state index in [0.717, 1.165) is 12.0 Å². The van der Waals surface area contributed by atoms with Crippen LogP contribution in [-0.4, -0.2) is 18.8 Å². The standard InChI is InChI=1S/C11H16ClNO2/c1-15-11-5-4-8(7-9(11)12)10(14)3-2-6-13/h4-5,7,10,14H,2-3,6,13H2,1H3. The zero-order valence-electron chi connectivity index (χ0n) is 8.74. The molecular weight excluding hydrogens is 214 g/mol. The second-order valence-electron chi connectivity index (χ2n) is 3.34. The van der Waals surface area contributed by atoms with Gasteiger partial charge in [-0.05, 0) is 37.1 Å². The van der Waals surface area contributed by atoms with Crippen molar-refractivity contribution in [2.45, 2.75) is 18.9 Å². The van der Waals surface area contributed by atoms with Crippen molar-refractivity contribution >= 4 is 11.6 Å². The molecule has 0 aliphatic carbocycles. The maximum atomic E-state index is 9.78. The molecule has 0 spiro atoms. The first kappa shape index (κ1) is 12.3.